The van der Waals surface area contributed by atoms with Crippen molar-refractivity contribution in [1.29, 1.82) is 0 Å². The molecule has 48 valence electrons. The summed E-state index contributed by atoms with van der Waals surface area (Å²) in [7, 11) is 0. The van der Waals surface area contributed by atoms with Crippen LogP contribution in [-0.4, -0.2) is 28.8 Å². The minimum atomic E-state index is -1.38. The van der Waals surface area contributed by atoms with Crippen LogP contribution in [0.15, 0.2) is 0 Å². The number of aliphatic carboxylic acids is 1. The maximum absolute atomic E-state index is 9.74. The second kappa shape index (κ2) is 3.36. The molecule has 0 aliphatic heterocycles. The molecule has 0 saturated heterocycles. The third-order valence-electron chi connectivity index (χ3n) is 0.623. The van der Waals surface area contributed by atoms with Crippen LogP contribution in [0, 0.1) is 5.21 Å². The molecule has 0 aromatic heterocycles. The maximum atomic E-state index is 9.74. The quantitative estimate of drug-likeness (QED) is 0.395. The van der Waals surface area contributed by atoms with Crippen LogP contribution in [0.2, 0.25) is 0 Å². The van der Waals surface area contributed by atoms with E-state index in [1.54, 1.807) is 0 Å². The summed E-state index contributed by atoms with van der Waals surface area (Å²) in [5, 5.41) is 25.5. The third kappa shape index (κ3) is 1.87. The maximum Gasteiger partial charge on any atom is 0.322 e. The number of aliphatic hydroxyl groups excluding tert-OH is 1. The van der Waals surface area contributed by atoms with E-state index in [4.69, 9.17) is 10.2 Å². The van der Waals surface area contributed by atoms with E-state index in [-0.39, 0.29) is 0 Å². The summed E-state index contributed by atoms with van der Waals surface area (Å²) >= 11 is 0. The van der Waals surface area contributed by atoms with Crippen LogP contribution in [-0.2, 0) is 4.79 Å². The molecular weight excluding hydrogens is 114 g/mol. The van der Waals surface area contributed by atoms with Crippen LogP contribution < -0.4 is 5.48 Å². The molecule has 0 aliphatic carbocycles. The van der Waals surface area contributed by atoms with E-state index >= 15 is 0 Å². The minimum absolute atomic E-state index is 0.682. The molecule has 3 N–H and O–H groups in total. The molecule has 0 rings (SSSR count). The van der Waals surface area contributed by atoms with E-state index in [1.807, 2.05) is 0 Å². The van der Waals surface area contributed by atoms with Crippen LogP contribution in [0.4, 0.5) is 0 Å². The van der Waals surface area contributed by atoms with Gasteiger partial charge in [0.05, 0.1) is 6.61 Å². The predicted molar refractivity (Wildman–Crippen MR) is 25.0 cm³/mol. The second-order valence-electron chi connectivity index (χ2n) is 1.19. The molecule has 0 saturated carbocycles. The fourth-order valence-corrected chi connectivity index (χ4v) is 0.166. The summed E-state index contributed by atoms with van der Waals surface area (Å²) in [4.78, 5) is 9.74. The molecule has 0 fully saturated rings. The van der Waals surface area contributed by atoms with Crippen molar-refractivity contribution in [2.45, 2.75) is 6.04 Å². The van der Waals surface area contributed by atoms with Gasteiger partial charge in [0, 0.05) is 0 Å². The summed E-state index contributed by atoms with van der Waals surface area (Å²) < 4.78 is 0. The van der Waals surface area contributed by atoms with Gasteiger partial charge < -0.3 is 20.9 Å². The number of rotatable bonds is 3. The van der Waals surface area contributed by atoms with E-state index < -0.39 is 18.6 Å². The molecule has 8 heavy (non-hydrogen) atoms. The molecule has 0 amide bonds. The van der Waals surface area contributed by atoms with Gasteiger partial charge in [-0.05, 0) is 0 Å². The number of hydrogen-bond acceptors (Lipinski definition) is 4. The lowest BCUT2D eigenvalue weighted by Crippen LogP contribution is -2.35. The van der Waals surface area contributed by atoms with E-state index in [1.165, 1.54) is 0 Å². The lowest BCUT2D eigenvalue weighted by molar-refractivity contribution is -0.140. The van der Waals surface area contributed by atoms with Gasteiger partial charge in [-0.3, -0.25) is 4.79 Å². The summed E-state index contributed by atoms with van der Waals surface area (Å²) in [6, 6.07) is -1.38. The highest BCUT2D eigenvalue weighted by molar-refractivity contribution is 5.73. The van der Waals surface area contributed by atoms with Crippen LogP contribution >= 0.6 is 0 Å². The lowest BCUT2D eigenvalue weighted by Gasteiger charge is -2.13. The topological polar surface area (TPSA) is 92.6 Å². The highest BCUT2D eigenvalue weighted by Gasteiger charge is 2.08. The zero-order chi connectivity index (χ0) is 6.57. The van der Waals surface area contributed by atoms with Crippen LogP contribution in [0.5, 0.6) is 0 Å². The molecule has 5 heteroatoms. The molecule has 0 unspecified atom stereocenters. The molecule has 0 aromatic rings. The highest BCUT2D eigenvalue weighted by atomic mass is 16.5. The Morgan fingerprint density at radius 3 is 2.38 bits per heavy atom. The number of hydroxylamine groups is 1. The first-order valence-corrected chi connectivity index (χ1v) is 1.93. The van der Waals surface area contributed by atoms with Crippen molar-refractivity contribution in [2.24, 2.45) is 0 Å². The van der Waals surface area contributed by atoms with E-state index in [2.05, 4.69) is 0 Å². The van der Waals surface area contributed by atoms with Crippen LogP contribution in [0.3, 0.4) is 0 Å². The summed E-state index contributed by atoms with van der Waals surface area (Å²) in [5.74, 6) is -1.34. The second-order valence-corrected chi connectivity index (χ2v) is 1.19. The monoisotopic (exact) mass is 120 g/mol. The first kappa shape index (κ1) is 7.35. The first-order chi connectivity index (χ1) is 3.72. The number of carboxylic acids is 1. The first-order valence-electron chi connectivity index (χ1n) is 1.93. The molecule has 0 aromatic carbocycles. The van der Waals surface area contributed by atoms with Crippen molar-refractivity contribution in [3.63, 3.8) is 0 Å². The SMILES string of the molecule is O=C(O)[C@@H](CO)N[O-]. The molecule has 0 spiro atoms. The van der Waals surface area contributed by atoms with Crippen LogP contribution in [0.1, 0.15) is 0 Å². The number of hydrogen-bond donors (Lipinski definition) is 3. The molecule has 0 heterocycles. The number of carbonyl (C=O) groups is 1. The summed E-state index contributed by atoms with van der Waals surface area (Å²) in [6.07, 6.45) is 0. The van der Waals surface area contributed by atoms with Gasteiger partial charge in [-0.25, -0.2) is 0 Å². The fraction of sp³-hybridized carbons (Fsp3) is 0.667. The number of carboxylic acid groups (broad SMARTS) is 1. The van der Waals surface area contributed by atoms with Gasteiger partial charge in [-0.1, -0.05) is 0 Å². The van der Waals surface area contributed by atoms with E-state index in [0.29, 0.717) is 0 Å². The van der Waals surface area contributed by atoms with Gasteiger partial charge >= 0.3 is 5.97 Å². The Bertz CT molecular complexity index is 79.4. The van der Waals surface area contributed by atoms with Crippen molar-refractivity contribution >= 4 is 5.97 Å². The fourth-order valence-electron chi connectivity index (χ4n) is 0.166. The Morgan fingerprint density at radius 2 is 2.38 bits per heavy atom. The molecular formula is C3H6NO4-. The Kier molecular flexibility index (Phi) is 3.09. The summed E-state index contributed by atoms with van der Waals surface area (Å²) in [5.41, 5.74) is 1.15. The van der Waals surface area contributed by atoms with E-state index in [9.17, 15) is 10.0 Å². The molecule has 0 aliphatic rings. The van der Waals surface area contributed by atoms with Gasteiger partial charge in [-0.15, -0.1) is 0 Å². The number of nitrogens with one attached hydrogen (secondary N) is 1. The number of aliphatic hydroxyl groups is 1. The predicted octanol–water partition coefficient (Wildman–Crippen LogP) is -1.48. The van der Waals surface area contributed by atoms with Crippen molar-refractivity contribution in [2.75, 3.05) is 6.61 Å². The Labute approximate surface area is 45.5 Å². The Balaban J connectivity index is 3.52. The van der Waals surface area contributed by atoms with Crippen molar-refractivity contribution < 1.29 is 15.0 Å². The van der Waals surface area contributed by atoms with Crippen molar-refractivity contribution in [3.8, 4) is 0 Å². The zero-order valence-corrected chi connectivity index (χ0v) is 4.00. The zero-order valence-electron chi connectivity index (χ0n) is 4.00. The smallest absolute Gasteiger partial charge is 0.322 e. The van der Waals surface area contributed by atoms with Gasteiger partial charge in [0.1, 0.15) is 6.04 Å². The minimum Gasteiger partial charge on any atom is -0.787 e. The largest absolute Gasteiger partial charge is 0.787 e. The van der Waals surface area contributed by atoms with Crippen molar-refractivity contribution in [3.05, 3.63) is 5.21 Å². The van der Waals surface area contributed by atoms with Gasteiger partial charge in [-0.2, -0.15) is 0 Å². The third-order valence-corrected chi connectivity index (χ3v) is 0.623. The highest BCUT2D eigenvalue weighted by Crippen LogP contribution is 1.77. The van der Waals surface area contributed by atoms with Gasteiger partial charge in [0.2, 0.25) is 0 Å². The Hall–Kier alpha value is -0.650. The molecule has 1 atom stereocenters. The normalized spacial score (nSPS) is 13.2. The standard InChI is InChI=1S/C3H6NO4/c5-1-2(4-8)3(6)7/h2,4-5H,1H2,(H,6,7)/q-1/t2-/m1/s1. The van der Waals surface area contributed by atoms with Crippen molar-refractivity contribution in [1.82, 2.24) is 5.48 Å². The Morgan fingerprint density at radius 1 is 1.88 bits per heavy atom. The molecule has 0 radical (unpaired) electrons. The molecule has 0 bridgehead atoms. The van der Waals surface area contributed by atoms with Crippen LogP contribution in [0.25, 0.3) is 0 Å². The average molecular weight is 120 g/mol. The van der Waals surface area contributed by atoms with Gasteiger partial charge in [0.25, 0.3) is 0 Å². The van der Waals surface area contributed by atoms with E-state index in [0.717, 1.165) is 5.48 Å². The average Bonchev–Trinajstić information content (AvgIpc) is 1.69. The summed E-state index contributed by atoms with van der Waals surface area (Å²) in [6.45, 7) is -0.682. The molecule has 5 nitrogen and oxygen atoms in total. The van der Waals surface area contributed by atoms with Gasteiger partial charge in [0.15, 0.2) is 0 Å². The lowest BCUT2D eigenvalue weighted by atomic mass is 10.3.